The zero-order valence-corrected chi connectivity index (χ0v) is 11.3. The van der Waals surface area contributed by atoms with Gasteiger partial charge in [-0.2, -0.15) is 0 Å². The topological polar surface area (TPSA) is 20.2 Å². The Morgan fingerprint density at radius 2 is 1.89 bits per heavy atom. The molecule has 0 spiro atoms. The van der Waals surface area contributed by atoms with E-state index in [0.717, 1.165) is 32.1 Å². The van der Waals surface area contributed by atoms with Gasteiger partial charge in [-0.1, -0.05) is 55.6 Å². The van der Waals surface area contributed by atoms with Gasteiger partial charge in [0.1, 0.15) is 0 Å². The summed E-state index contributed by atoms with van der Waals surface area (Å²) in [7, 11) is 0. The molecule has 0 aromatic rings. The lowest BCUT2D eigenvalue weighted by molar-refractivity contribution is 0.210. The second-order valence-electron chi connectivity index (χ2n) is 4.00. The predicted molar refractivity (Wildman–Crippen MR) is 80.2 cm³/mol. The highest BCUT2D eigenvalue weighted by molar-refractivity contribution is 5.25. The van der Waals surface area contributed by atoms with Gasteiger partial charge in [-0.25, -0.2) is 0 Å². The number of hydrogen-bond acceptors (Lipinski definition) is 1. The van der Waals surface area contributed by atoms with E-state index in [0.29, 0.717) is 0 Å². The fraction of sp³-hybridized carbons (Fsp3) is 0.412. The van der Waals surface area contributed by atoms with Crippen LogP contribution in [-0.2, 0) is 0 Å². The Bertz CT molecular complexity index is 336. The smallest absolute Gasteiger partial charge is 0.0718 e. The van der Waals surface area contributed by atoms with Crippen LogP contribution in [-0.4, -0.2) is 11.2 Å². The second kappa shape index (κ2) is 13.5. The van der Waals surface area contributed by atoms with Gasteiger partial charge in [-0.3, -0.25) is 0 Å². The van der Waals surface area contributed by atoms with Crippen molar-refractivity contribution in [1.82, 2.24) is 0 Å². The molecule has 0 amide bonds. The third kappa shape index (κ3) is 12.5. The van der Waals surface area contributed by atoms with Gasteiger partial charge in [0, 0.05) is 0 Å². The van der Waals surface area contributed by atoms with Crippen molar-refractivity contribution in [3.05, 3.63) is 49.1 Å². The first kappa shape index (κ1) is 16.5. The number of rotatable bonds is 8. The van der Waals surface area contributed by atoms with Crippen LogP contribution in [0.5, 0.6) is 0 Å². The lowest BCUT2D eigenvalue weighted by Gasteiger charge is -2.01. The highest BCUT2D eigenvalue weighted by Crippen LogP contribution is 2.02. The van der Waals surface area contributed by atoms with Crippen LogP contribution in [0.3, 0.4) is 0 Å². The van der Waals surface area contributed by atoms with Crippen LogP contribution in [0.4, 0.5) is 0 Å². The molecule has 1 atom stereocenters. The fourth-order valence-corrected chi connectivity index (χ4v) is 1.25. The lowest BCUT2D eigenvalue weighted by atomic mass is 10.1. The molecule has 0 aromatic carbocycles. The number of hydrogen-bond donors (Lipinski definition) is 1. The van der Waals surface area contributed by atoms with E-state index >= 15 is 0 Å². The molecule has 1 unspecified atom stereocenters. The van der Waals surface area contributed by atoms with Gasteiger partial charge in [-0.15, -0.1) is 6.58 Å². The van der Waals surface area contributed by atoms with Crippen molar-refractivity contribution in [3.8, 4) is 11.8 Å². The first-order valence-electron chi connectivity index (χ1n) is 6.59. The number of aliphatic hydroxyl groups excluding tert-OH is 1. The second-order valence-corrected chi connectivity index (χ2v) is 4.00. The van der Waals surface area contributed by atoms with Gasteiger partial charge in [0.05, 0.1) is 6.10 Å². The van der Waals surface area contributed by atoms with Crippen molar-refractivity contribution in [2.24, 2.45) is 0 Å². The van der Waals surface area contributed by atoms with E-state index in [1.54, 1.807) is 6.08 Å². The summed E-state index contributed by atoms with van der Waals surface area (Å²) in [5.41, 5.74) is 0. The maximum Gasteiger partial charge on any atom is 0.0718 e. The summed E-state index contributed by atoms with van der Waals surface area (Å²) in [6, 6.07) is 0. The summed E-state index contributed by atoms with van der Waals surface area (Å²) < 4.78 is 0. The summed E-state index contributed by atoms with van der Waals surface area (Å²) >= 11 is 0. The van der Waals surface area contributed by atoms with Crippen LogP contribution in [0.15, 0.2) is 49.1 Å². The Hall–Kier alpha value is -1.52. The van der Waals surface area contributed by atoms with Crippen molar-refractivity contribution in [1.29, 1.82) is 0 Å². The zero-order valence-electron chi connectivity index (χ0n) is 11.3. The minimum absolute atomic E-state index is 0.366. The average molecular weight is 244 g/mol. The van der Waals surface area contributed by atoms with E-state index in [4.69, 9.17) is 0 Å². The van der Waals surface area contributed by atoms with E-state index in [1.165, 1.54) is 0 Å². The van der Waals surface area contributed by atoms with E-state index in [-0.39, 0.29) is 6.10 Å². The first-order chi connectivity index (χ1) is 8.81. The van der Waals surface area contributed by atoms with Crippen molar-refractivity contribution < 1.29 is 5.11 Å². The standard InChI is InChI=1S/C17H24O/c1-3-5-6-7-8-9-10-11-12-13-14-15-16-17(18)4-2/h4,6-7,10-13,17-18H,2-3,5,14-16H2,1H3. The third-order valence-corrected chi connectivity index (χ3v) is 2.31. The largest absolute Gasteiger partial charge is 0.389 e. The van der Waals surface area contributed by atoms with Gasteiger partial charge in [-0.05, 0) is 37.8 Å². The van der Waals surface area contributed by atoms with Crippen molar-refractivity contribution in [2.45, 2.75) is 45.1 Å². The Morgan fingerprint density at radius 3 is 2.61 bits per heavy atom. The van der Waals surface area contributed by atoms with E-state index in [9.17, 15) is 5.11 Å². The van der Waals surface area contributed by atoms with E-state index in [2.05, 4.69) is 37.5 Å². The Morgan fingerprint density at radius 1 is 1.11 bits per heavy atom. The molecule has 0 aliphatic rings. The summed E-state index contributed by atoms with van der Waals surface area (Å²) in [6.45, 7) is 5.69. The van der Waals surface area contributed by atoms with Crippen LogP contribution in [0.1, 0.15) is 39.0 Å². The average Bonchev–Trinajstić information content (AvgIpc) is 2.39. The monoisotopic (exact) mass is 244 g/mol. The molecular formula is C17H24O. The van der Waals surface area contributed by atoms with Crippen LogP contribution >= 0.6 is 0 Å². The molecule has 0 aliphatic carbocycles. The molecular weight excluding hydrogens is 220 g/mol. The first-order valence-corrected chi connectivity index (χ1v) is 6.59. The predicted octanol–water partition coefficient (Wildman–Crippen LogP) is 4.18. The van der Waals surface area contributed by atoms with Crippen molar-refractivity contribution in [3.63, 3.8) is 0 Å². The molecule has 0 bridgehead atoms. The lowest BCUT2D eigenvalue weighted by Crippen LogP contribution is -1.99. The van der Waals surface area contributed by atoms with Crippen LogP contribution in [0, 0.1) is 11.8 Å². The van der Waals surface area contributed by atoms with Crippen molar-refractivity contribution in [2.75, 3.05) is 0 Å². The summed E-state index contributed by atoms with van der Waals surface area (Å²) in [5.74, 6) is 5.89. The number of unbranched alkanes of at least 4 members (excludes halogenated alkanes) is 2. The van der Waals surface area contributed by atoms with Gasteiger partial charge >= 0.3 is 0 Å². The Balaban J connectivity index is 3.59. The maximum absolute atomic E-state index is 9.24. The molecule has 1 nitrogen and oxygen atoms in total. The molecule has 0 fully saturated rings. The van der Waals surface area contributed by atoms with Gasteiger partial charge in [0.2, 0.25) is 0 Å². The quantitative estimate of drug-likeness (QED) is 0.294. The zero-order chi connectivity index (χ0) is 13.5. The number of aliphatic hydroxyl groups is 1. The minimum Gasteiger partial charge on any atom is -0.389 e. The van der Waals surface area contributed by atoms with Gasteiger partial charge in [0.15, 0.2) is 0 Å². The normalized spacial score (nSPS) is 13.0. The molecule has 0 saturated carbocycles. The summed E-state index contributed by atoms with van der Waals surface area (Å²) in [6.07, 6.45) is 18.0. The van der Waals surface area contributed by atoms with Crippen LogP contribution < -0.4 is 0 Å². The minimum atomic E-state index is -0.366. The maximum atomic E-state index is 9.24. The molecule has 0 heterocycles. The summed E-state index contributed by atoms with van der Waals surface area (Å²) in [4.78, 5) is 0. The molecule has 1 N–H and O–H groups in total. The molecule has 0 aromatic heterocycles. The Kier molecular flexibility index (Phi) is 12.4. The van der Waals surface area contributed by atoms with Crippen LogP contribution in [0.2, 0.25) is 0 Å². The van der Waals surface area contributed by atoms with Crippen molar-refractivity contribution >= 4 is 0 Å². The van der Waals surface area contributed by atoms with Gasteiger partial charge in [0.25, 0.3) is 0 Å². The Labute approximate surface area is 112 Å². The molecule has 0 rings (SSSR count). The molecule has 18 heavy (non-hydrogen) atoms. The molecule has 0 radical (unpaired) electrons. The molecule has 98 valence electrons. The number of allylic oxidation sites excluding steroid dienone is 6. The van der Waals surface area contributed by atoms with E-state index in [1.807, 2.05) is 24.3 Å². The van der Waals surface area contributed by atoms with E-state index < -0.39 is 0 Å². The fourth-order valence-electron chi connectivity index (χ4n) is 1.25. The van der Waals surface area contributed by atoms with Gasteiger partial charge < -0.3 is 5.11 Å². The third-order valence-electron chi connectivity index (χ3n) is 2.31. The van der Waals surface area contributed by atoms with Crippen LogP contribution in [0.25, 0.3) is 0 Å². The molecule has 0 saturated heterocycles. The molecule has 1 heteroatoms. The SMILES string of the molecule is C=CC(O)CCCC=CC=CC#CC=CCCC. The molecule has 0 aliphatic heterocycles. The summed E-state index contributed by atoms with van der Waals surface area (Å²) in [5, 5.41) is 9.24. The highest BCUT2D eigenvalue weighted by atomic mass is 16.3. The highest BCUT2D eigenvalue weighted by Gasteiger charge is 1.94.